The van der Waals surface area contributed by atoms with Gasteiger partial charge in [0.1, 0.15) is 5.69 Å². The zero-order valence-electron chi connectivity index (χ0n) is 13.1. The van der Waals surface area contributed by atoms with Crippen LogP contribution in [0.2, 0.25) is 0 Å². The van der Waals surface area contributed by atoms with Crippen LogP contribution in [0, 0.1) is 22.0 Å². The summed E-state index contributed by atoms with van der Waals surface area (Å²) in [5, 5.41) is 14.1. The van der Waals surface area contributed by atoms with Gasteiger partial charge in [-0.3, -0.25) is 15.0 Å². The number of hydrogen-bond donors (Lipinski definition) is 1. The van der Waals surface area contributed by atoms with E-state index < -0.39 is 0 Å². The lowest BCUT2D eigenvalue weighted by Gasteiger charge is -2.35. The van der Waals surface area contributed by atoms with E-state index in [2.05, 4.69) is 24.1 Å². The third-order valence-electron chi connectivity index (χ3n) is 3.98. The van der Waals surface area contributed by atoms with E-state index >= 15 is 0 Å². The first-order valence-corrected chi connectivity index (χ1v) is 7.73. The van der Waals surface area contributed by atoms with Crippen molar-refractivity contribution < 1.29 is 4.92 Å². The summed E-state index contributed by atoms with van der Waals surface area (Å²) in [7, 11) is 0. The molecule has 0 amide bonds. The molecule has 1 N–H and O–H groups in total. The largest absolute Gasteiger partial charge is 0.380 e. The van der Waals surface area contributed by atoms with Gasteiger partial charge < -0.3 is 5.32 Å². The number of benzene rings is 1. The highest BCUT2D eigenvalue weighted by atomic mass is 16.6. The fourth-order valence-electron chi connectivity index (χ4n) is 3.35. The van der Waals surface area contributed by atoms with E-state index in [0.29, 0.717) is 12.2 Å². The van der Waals surface area contributed by atoms with E-state index in [-0.39, 0.29) is 10.6 Å². The Balaban J connectivity index is 2.13. The molecule has 5 nitrogen and oxygen atoms in total. The minimum absolute atomic E-state index is 0.154. The Bertz CT molecular complexity index is 494. The van der Waals surface area contributed by atoms with Gasteiger partial charge in [-0.05, 0) is 36.8 Å². The summed E-state index contributed by atoms with van der Waals surface area (Å²) in [5.41, 5.74) is 1.91. The Labute approximate surface area is 126 Å². The molecule has 0 spiro atoms. The summed E-state index contributed by atoms with van der Waals surface area (Å²) in [6.45, 7) is 10.3. The molecule has 1 aliphatic rings. The van der Waals surface area contributed by atoms with Crippen LogP contribution in [0.5, 0.6) is 0 Å². The van der Waals surface area contributed by atoms with Crippen molar-refractivity contribution in [2.24, 2.45) is 11.8 Å². The minimum Gasteiger partial charge on any atom is -0.380 e. The number of rotatable bonds is 5. The number of nitro benzene ring substituents is 1. The quantitative estimate of drug-likeness (QED) is 0.666. The number of nitrogens with one attached hydrogen (secondary N) is 1. The number of piperidine rings is 1. The zero-order chi connectivity index (χ0) is 15.4. The van der Waals surface area contributed by atoms with Gasteiger partial charge in [-0.25, -0.2) is 0 Å². The summed E-state index contributed by atoms with van der Waals surface area (Å²) in [6.07, 6.45) is 1.29. The van der Waals surface area contributed by atoms with Crippen LogP contribution >= 0.6 is 0 Å². The van der Waals surface area contributed by atoms with Crippen molar-refractivity contribution >= 4 is 11.4 Å². The standard InChI is InChI=1S/C16H25N3O2/c1-4-17-15-8-14(5-6-16(15)19(20)21)11-18-9-12(2)7-13(3)10-18/h5-6,8,12-13,17H,4,7,9-11H2,1-3H3. The second-order valence-corrected chi connectivity index (χ2v) is 6.28. The van der Waals surface area contributed by atoms with Crippen LogP contribution in [-0.4, -0.2) is 29.5 Å². The lowest BCUT2D eigenvalue weighted by Crippen LogP contribution is -2.38. The van der Waals surface area contributed by atoms with Crippen LogP contribution in [0.15, 0.2) is 18.2 Å². The SMILES string of the molecule is CCNc1cc(CN2CC(C)CC(C)C2)ccc1[N+](=O)[O-]. The predicted molar refractivity (Wildman–Crippen MR) is 85.5 cm³/mol. The van der Waals surface area contributed by atoms with E-state index in [0.717, 1.165) is 37.0 Å². The van der Waals surface area contributed by atoms with E-state index in [1.807, 2.05) is 19.1 Å². The molecule has 5 heteroatoms. The predicted octanol–water partition coefficient (Wildman–Crippen LogP) is 3.50. The van der Waals surface area contributed by atoms with Crippen molar-refractivity contribution in [3.05, 3.63) is 33.9 Å². The van der Waals surface area contributed by atoms with E-state index in [9.17, 15) is 10.1 Å². The Hall–Kier alpha value is -1.62. The molecule has 2 unspecified atom stereocenters. The third kappa shape index (κ3) is 4.17. The molecule has 1 saturated heterocycles. The van der Waals surface area contributed by atoms with Crippen molar-refractivity contribution in [2.75, 3.05) is 25.0 Å². The molecule has 21 heavy (non-hydrogen) atoms. The zero-order valence-corrected chi connectivity index (χ0v) is 13.1. The van der Waals surface area contributed by atoms with Crippen LogP contribution in [-0.2, 0) is 6.54 Å². The van der Waals surface area contributed by atoms with Gasteiger partial charge in [0.2, 0.25) is 0 Å². The van der Waals surface area contributed by atoms with Gasteiger partial charge in [0, 0.05) is 32.2 Å². The normalized spacial score (nSPS) is 23.0. The molecule has 1 aliphatic heterocycles. The van der Waals surface area contributed by atoms with Gasteiger partial charge in [0.15, 0.2) is 0 Å². The fourth-order valence-corrected chi connectivity index (χ4v) is 3.35. The smallest absolute Gasteiger partial charge is 0.292 e. The van der Waals surface area contributed by atoms with Crippen LogP contribution in [0.3, 0.4) is 0 Å². The molecule has 1 fully saturated rings. The Kier molecular flexibility index (Phi) is 5.17. The highest BCUT2D eigenvalue weighted by Gasteiger charge is 2.22. The molecule has 1 aromatic rings. The first-order chi connectivity index (χ1) is 9.99. The van der Waals surface area contributed by atoms with Crippen LogP contribution < -0.4 is 5.32 Å². The highest BCUT2D eigenvalue weighted by molar-refractivity contribution is 5.62. The molecular weight excluding hydrogens is 266 g/mol. The second kappa shape index (κ2) is 6.89. The van der Waals surface area contributed by atoms with Gasteiger partial charge in [-0.1, -0.05) is 19.9 Å². The number of nitro groups is 1. The molecule has 0 aromatic heterocycles. The molecule has 2 atom stereocenters. The number of hydrogen-bond acceptors (Lipinski definition) is 4. The van der Waals surface area contributed by atoms with Crippen molar-refractivity contribution in [1.82, 2.24) is 4.90 Å². The Morgan fingerprint density at radius 1 is 1.33 bits per heavy atom. The topological polar surface area (TPSA) is 58.4 Å². The number of nitrogens with zero attached hydrogens (tertiary/aromatic N) is 2. The van der Waals surface area contributed by atoms with Crippen molar-refractivity contribution in [1.29, 1.82) is 0 Å². The summed E-state index contributed by atoms with van der Waals surface area (Å²) in [4.78, 5) is 13.2. The van der Waals surface area contributed by atoms with Crippen molar-refractivity contribution in [3.8, 4) is 0 Å². The van der Waals surface area contributed by atoms with Crippen LogP contribution in [0.25, 0.3) is 0 Å². The maximum Gasteiger partial charge on any atom is 0.292 e. The summed E-state index contributed by atoms with van der Waals surface area (Å²) < 4.78 is 0. The molecule has 0 saturated carbocycles. The van der Waals surface area contributed by atoms with E-state index in [1.165, 1.54) is 6.42 Å². The third-order valence-corrected chi connectivity index (χ3v) is 3.98. The van der Waals surface area contributed by atoms with Crippen molar-refractivity contribution in [3.63, 3.8) is 0 Å². The van der Waals surface area contributed by atoms with Gasteiger partial charge in [-0.2, -0.15) is 0 Å². The Morgan fingerprint density at radius 2 is 2.00 bits per heavy atom. The minimum atomic E-state index is -0.327. The molecular formula is C16H25N3O2. The van der Waals surface area contributed by atoms with Gasteiger partial charge in [0.05, 0.1) is 4.92 Å². The van der Waals surface area contributed by atoms with Crippen LogP contribution in [0.1, 0.15) is 32.8 Å². The molecule has 1 heterocycles. The lowest BCUT2D eigenvalue weighted by molar-refractivity contribution is -0.384. The molecule has 0 radical (unpaired) electrons. The number of anilines is 1. The maximum absolute atomic E-state index is 11.0. The Morgan fingerprint density at radius 3 is 2.57 bits per heavy atom. The second-order valence-electron chi connectivity index (χ2n) is 6.28. The van der Waals surface area contributed by atoms with Crippen molar-refractivity contribution in [2.45, 2.75) is 33.7 Å². The molecule has 0 aliphatic carbocycles. The monoisotopic (exact) mass is 291 g/mol. The number of likely N-dealkylation sites (tertiary alicyclic amines) is 1. The average Bonchev–Trinajstić information content (AvgIpc) is 2.37. The summed E-state index contributed by atoms with van der Waals surface area (Å²) >= 11 is 0. The van der Waals surface area contributed by atoms with E-state index in [4.69, 9.17) is 0 Å². The lowest BCUT2D eigenvalue weighted by atomic mass is 9.91. The first-order valence-electron chi connectivity index (χ1n) is 7.73. The fraction of sp³-hybridized carbons (Fsp3) is 0.625. The molecule has 116 valence electrons. The van der Waals surface area contributed by atoms with Gasteiger partial charge in [0.25, 0.3) is 5.69 Å². The molecule has 0 bridgehead atoms. The first kappa shape index (κ1) is 15.8. The summed E-state index contributed by atoms with van der Waals surface area (Å²) in [6, 6.07) is 5.42. The summed E-state index contributed by atoms with van der Waals surface area (Å²) in [5.74, 6) is 1.44. The van der Waals surface area contributed by atoms with E-state index in [1.54, 1.807) is 6.07 Å². The molecule has 2 rings (SSSR count). The highest BCUT2D eigenvalue weighted by Crippen LogP contribution is 2.27. The van der Waals surface area contributed by atoms with Crippen LogP contribution in [0.4, 0.5) is 11.4 Å². The molecule has 1 aromatic carbocycles. The maximum atomic E-state index is 11.0. The van der Waals surface area contributed by atoms with Gasteiger partial charge in [-0.15, -0.1) is 0 Å². The average molecular weight is 291 g/mol. The van der Waals surface area contributed by atoms with Gasteiger partial charge >= 0.3 is 0 Å².